The molecule has 2 fully saturated rings. The lowest BCUT2D eigenvalue weighted by molar-refractivity contribution is -0.0102. The number of hydrogen-bond acceptors (Lipinski definition) is 4. The van der Waals surface area contributed by atoms with Crippen LogP contribution in [0.4, 0.5) is 0 Å². The summed E-state index contributed by atoms with van der Waals surface area (Å²) in [5, 5.41) is 6.99. The monoisotopic (exact) mass is 227 g/mol. The summed E-state index contributed by atoms with van der Waals surface area (Å²) >= 11 is 0. The van der Waals surface area contributed by atoms with Crippen molar-refractivity contribution in [2.24, 2.45) is 0 Å². The van der Waals surface area contributed by atoms with E-state index in [2.05, 4.69) is 22.5 Å². The molecule has 1 saturated carbocycles. The second-order valence-corrected chi connectivity index (χ2v) is 4.79. The maximum atomic E-state index is 5.55. The lowest BCUT2D eigenvalue weighted by Gasteiger charge is -2.36. The zero-order chi connectivity index (χ0) is 11.2. The molecule has 1 aliphatic heterocycles. The Bertz CT molecular complexity index is 189. The van der Waals surface area contributed by atoms with E-state index in [1.54, 1.807) is 0 Å². The van der Waals surface area contributed by atoms with E-state index in [0.29, 0.717) is 12.1 Å². The lowest BCUT2D eigenvalue weighted by Crippen LogP contribution is -2.50. The van der Waals surface area contributed by atoms with Gasteiger partial charge in [0.05, 0.1) is 6.10 Å². The average molecular weight is 227 g/mol. The van der Waals surface area contributed by atoms with E-state index in [4.69, 9.17) is 4.74 Å². The Balaban J connectivity index is 1.46. The average Bonchev–Trinajstić information content (AvgIpc) is 2.27. The largest absolute Gasteiger partial charge is 0.378 e. The molecule has 2 N–H and O–H groups in total. The second-order valence-electron chi connectivity index (χ2n) is 4.79. The minimum atomic E-state index is 0.529. The number of nitrogens with zero attached hydrogens (tertiary/aromatic N) is 1. The van der Waals surface area contributed by atoms with E-state index in [-0.39, 0.29) is 0 Å². The van der Waals surface area contributed by atoms with Crippen molar-refractivity contribution in [2.75, 3.05) is 45.9 Å². The van der Waals surface area contributed by atoms with Crippen LogP contribution in [0.15, 0.2) is 0 Å². The van der Waals surface area contributed by atoms with Crippen molar-refractivity contribution in [2.45, 2.75) is 31.9 Å². The van der Waals surface area contributed by atoms with Crippen LogP contribution >= 0.6 is 0 Å². The Morgan fingerprint density at radius 2 is 2.06 bits per heavy atom. The highest BCUT2D eigenvalue weighted by atomic mass is 16.5. The van der Waals surface area contributed by atoms with Crippen LogP contribution in [0.3, 0.4) is 0 Å². The smallest absolute Gasteiger partial charge is 0.0604 e. The Hall–Kier alpha value is -0.160. The molecule has 94 valence electrons. The van der Waals surface area contributed by atoms with Gasteiger partial charge >= 0.3 is 0 Å². The van der Waals surface area contributed by atoms with Gasteiger partial charge < -0.3 is 15.4 Å². The molecule has 1 heterocycles. The maximum absolute atomic E-state index is 5.55. The van der Waals surface area contributed by atoms with Crippen molar-refractivity contribution < 1.29 is 4.74 Å². The molecule has 0 bridgehead atoms. The van der Waals surface area contributed by atoms with Crippen molar-refractivity contribution in [1.29, 1.82) is 0 Å². The predicted molar refractivity (Wildman–Crippen MR) is 65.7 cm³/mol. The minimum absolute atomic E-state index is 0.529. The molecule has 4 heteroatoms. The Labute approximate surface area is 98.7 Å². The van der Waals surface area contributed by atoms with Crippen molar-refractivity contribution in [1.82, 2.24) is 15.5 Å². The number of rotatable bonds is 6. The first-order valence-electron chi connectivity index (χ1n) is 6.66. The first kappa shape index (κ1) is 12.3. The van der Waals surface area contributed by atoms with E-state index in [1.807, 2.05) is 0 Å². The molecule has 0 spiro atoms. The molecule has 2 aliphatic rings. The Kier molecular flexibility index (Phi) is 5.03. The van der Waals surface area contributed by atoms with Gasteiger partial charge in [0, 0.05) is 51.9 Å². The zero-order valence-electron chi connectivity index (χ0n) is 10.4. The Morgan fingerprint density at radius 3 is 2.75 bits per heavy atom. The van der Waals surface area contributed by atoms with Crippen LogP contribution in [0.25, 0.3) is 0 Å². The maximum Gasteiger partial charge on any atom is 0.0604 e. The van der Waals surface area contributed by atoms with Gasteiger partial charge in [-0.1, -0.05) is 0 Å². The second kappa shape index (κ2) is 6.55. The molecule has 0 aromatic rings. The van der Waals surface area contributed by atoms with Gasteiger partial charge in [0.1, 0.15) is 0 Å². The lowest BCUT2D eigenvalue weighted by atomic mass is 9.89. The SMILES string of the molecule is CCOC1CC(NCCN2CCNCC2)C1. The molecule has 1 aliphatic carbocycles. The third kappa shape index (κ3) is 3.70. The fraction of sp³-hybridized carbons (Fsp3) is 1.00. The fourth-order valence-corrected chi connectivity index (χ4v) is 2.47. The molecule has 0 radical (unpaired) electrons. The molecule has 0 amide bonds. The quantitative estimate of drug-likeness (QED) is 0.672. The summed E-state index contributed by atoms with van der Waals surface area (Å²) in [6, 6.07) is 0.708. The molecule has 0 aromatic carbocycles. The third-order valence-electron chi connectivity index (χ3n) is 3.57. The summed E-state index contributed by atoms with van der Waals surface area (Å²) in [5.41, 5.74) is 0. The van der Waals surface area contributed by atoms with Crippen molar-refractivity contribution in [3.63, 3.8) is 0 Å². The normalized spacial score (nSPS) is 31.3. The van der Waals surface area contributed by atoms with Gasteiger partial charge in [-0.15, -0.1) is 0 Å². The van der Waals surface area contributed by atoms with Gasteiger partial charge in [0.15, 0.2) is 0 Å². The number of hydrogen-bond donors (Lipinski definition) is 2. The number of nitrogens with one attached hydrogen (secondary N) is 2. The molecule has 4 nitrogen and oxygen atoms in total. The van der Waals surface area contributed by atoms with Gasteiger partial charge in [-0.25, -0.2) is 0 Å². The van der Waals surface area contributed by atoms with E-state index in [0.717, 1.165) is 26.2 Å². The first-order valence-corrected chi connectivity index (χ1v) is 6.66. The van der Waals surface area contributed by atoms with Crippen LogP contribution in [0, 0.1) is 0 Å². The van der Waals surface area contributed by atoms with Crippen molar-refractivity contribution in [3.05, 3.63) is 0 Å². The summed E-state index contributed by atoms with van der Waals surface area (Å²) in [6.45, 7) is 9.96. The summed E-state index contributed by atoms with van der Waals surface area (Å²) in [4.78, 5) is 2.53. The van der Waals surface area contributed by atoms with Crippen LogP contribution in [0.2, 0.25) is 0 Å². The highest BCUT2D eigenvalue weighted by molar-refractivity contribution is 4.86. The predicted octanol–water partition coefficient (Wildman–Crippen LogP) is 0.0487. The van der Waals surface area contributed by atoms with E-state index in [9.17, 15) is 0 Å². The molecule has 1 saturated heterocycles. The summed E-state index contributed by atoms with van der Waals surface area (Å²) in [7, 11) is 0. The molecular weight excluding hydrogens is 202 g/mol. The highest BCUT2D eigenvalue weighted by Crippen LogP contribution is 2.22. The van der Waals surface area contributed by atoms with E-state index >= 15 is 0 Å². The summed E-state index contributed by atoms with van der Waals surface area (Å²) in [5.74, 6) is 0. The molecule has 2 rings (SSSR count). The molecule has 0 unspecified atom stereocenters. The van der Waals surface area contributed by atoms with Gasteiger partial charge in [0.25, 0.3) is 0 Å². The third-order valence-corrected chi connectivity index (χ3v) is 3.57. The Morgan fingerprint density at radius 1 is 1.31 bits per heavy atom. The van der Waals surface area contributed by atoms with Crippen LogP contribution in [0.5, 0.6) is 0 Å². The molecule has 0 atom stereocenters. The van der Waals surface area contributed by atoms with Crippen LogP contribution in [0.1, 0.15) is 19.8 Å². The molecule has 0 aromatic heterocycles. The number of ether oxygens (including phenoxy) is 1. The topological polar surface area (TPSA) is 36.5 Å². The molecule has 16 heavy (non-hydrogen) atoms. The van der Waals surface area contributed by atoms with E-state index in [1.165, 1.54) is 32.5 Å². The first-order chi connectivity index (χ1) is 7.88. The van der Waals surface area contributed by atoms with Crippen LogP contribution in [-0.2, 0) is 4.74 Å². The van der Waals surface area contributed by atoms with Crippen LogP contribution in [-0.4, -0.2) is 62.9 Å². The van der Waals surface area contributed by atoms with Gasteiger partial charge in [-0.3, -0.25) is 4.90 Å². The zero-order valence-corrected chi connectivity index (χ0v) is 10.4. The standard InChI is InChI=1S/C12H25N3O/c1-2-16-12-9-11(10-12)14-5-8-15-6-3-13-4-7-15/h11-14H,2-10H2,1H3. The molecular formula is C12H25N3O. The summed E-state index contributed by atoms with van der Waals surface area (Å²) in [6.07, 6.45) is 2.94. The van der Waals surface area contributed by atoms with Crippen LogP contribution < -0.4 is 10.6 Å². The van der Waals surface area contributed by atoms with Gasteiger partial charge in [-0.05, 0) is 19.8 Å². The van der Waals surface area contributed by atoms with E-state index < -0.39 is 0 Å². The fourth-order valence-electron chi connectivity index (χ4n) is 2.47. The highest BCUT2D eigenvalue weighted by Gasteiger charge is 2.28. The van der Waals surface area contributed by atoms with Gasteiger partial charge in [-0.2, -0.15) is 0 Å². The minimum Gasteiger partial charge on any atom is -0.378 e. The van der Waals surface area contributed by atoms with Gasteiger partial charge in [0.2, 0.25) is 0 Å². The van der Waals surface area contributed by atoms with Crippen molar-refractivity contribution >= 4 is 0 Å². The summed E-state index contributed by atoms with van der Waals surface area (Å²) < 4.78 is 5.55. The van der Waals surface area contributed by atoms with Crippen molar-refractivity contribution in [3.8, 4) is 0 Å². The number of piperazine rings is 1.